The molecule has 0 fully saturated rings. The Morgan fingerprint density at radius 2 is 1.94 bits per heavy atom. The minimum atomic E-state index is -4.67. The summed E-state index contributed by atoms with van der Waals surface area (Å²) in [6, 6.07) is 0. The molecule has 88 valence electrons. The third-order valence-electron chi connectivity index (χ3n) is 1.12. The molecule has 16 heavy (non-hydrogen) atoms. The largest absolute Gasteiger partial charge is 1.00 e. The van der Waals surface area contributed by atoms with Gasteiger partial charge in [-0.05, 0) is 0 Å². The molecular formula is C7H12KO7P. The zero-order valence-corrected chi connectivity index (χ0v) is 13.0. The van der Waals surface area contributed by atoms with Crippen LogP contribution in [0.5, 0.6) is 0 Å². The van der Waals surface area contributed by atoms with Gasteiger partial charge in [0.05, 0.1) is 19.8 Å². The number of carbonyl (C=O) groups excluding carboxylic acids is 1. The van der Waals surface area contributed by atoms with Crippen molar-refractivity contribution in [1.29, 1.82) is 0 Å². The van der Waals surface area contributed by atoms with Gasteiger partial charge in [-0.1, -0.05) is 6.58 Å². The van der Waals surface area contributed by atoms with Crippen LogP contribution in [-0.4, -0.2) is 37.3 Å². The number of hydrogen-bond donors (Lipinski definition) is 1. The molecule has 0 aliphatic carbocycles. The van der Waals surface area contributed by atoms with Crippen molar-refractivity contribution >= 4 is 13.8 Å². The summed E-state index contributed by atoms with van der Waals surface area (Å²) in [7, 11) is -4.67. The van der Waals surface area contributed by atoms with E-state index >= 15 is 0 Å². The van der Waals surface area contributed by atoms with E-state index in [1.165, 1.54) is 0 Å². The zero-order valence-electron chi connectivity index (χ0n) is 8.96. The Morgan fingerprint density at radius 1 is 1.38 bits per heavy atom. The average molecular weight is 278 g/mol. The fourth-order valence-corrected chi connectivity index (χ4v) is 0.879. The number of phosphoric ester groups is 1. The van der Waals surface area contributed by atoms with Gasteiger partial charge in [0, 0.05) is 6.08 Å². The second-order valence-electron chi connectivity index (χ2n) is 2.29. The van der Waals surface area contributed by atoms with Crippen molar-refractivity contribution < 1.29 is 84.5 Å². The zero-order chi connectivity index (χ0) is 11.7. The Balaban J connectivity index is 0. The Kier molecular flexibility index (Phi) is 13.3. The van der Waals surface area contributed by atoms with Crippen LogP contribution >= 0.6 is 7.82 Å². The second kappa shape index (κ2) is 11.0. The number of hydrogen-bond acceptors (Lipinski definition) is 6. The standard InChI is InChI=1S/C7H13O7P.K/c1-2-7(8)13-5-3-12-4-6-14-15(9,10)11;/h2H,1,3-6H2,(H2,9,10,11);/q;+1/p-1. The molecule has 1 N–H and O–H groups in total. The quantitative estimate of drug-likeness (QED) is 0.160. The van der Waals surface area contributed by atoms with Crippen LogP contribution in [0.2, 0.25) is 0 Å². The van der Waals surface area contributed by atoms with E-state index in [1.54, 1.807) is 0 Å². The molecule has 1 unspecified atom stereocenters. The Hall–Kier alpha value is 0.916. The molecule has 1 atom stereocenters. The number of phosphoric acid groups is 1. The van der Waals surface area contributed by atoms with Crippen LogP contribution in [0.1, 0.15) is 0 Å². The van der Waals surface area contributed by atoms with Crippen LogP contribution in [0.15, 0.2) is 12.7 Å². The van der Waals surface area contributed by atoms with Crippen molar-refractivity contribution in [3.8, 4) is 0 Å². The molecule has 0 rings (SSSR count). The summed E-state index contributed by atoms with van der Waals surface area (Å²) in [6.45, 7) is 3.02. The molecule has 0 aromatic rings. The molecule has 0 aliphatic heterocycles. The summed E-state index contributed by atoms with van der Waals surface area (Å²) in [5.74, 6) is -0.561. The minimum Gasteiger partial charge on any atom is -0.756 e. The van der Waals surface area contributed by atoms with Gasteiger partial charge >= 0.3 is 57.4 Å². The molecule has 0 saturated carbocycles. The number of rotatable bonds is 8. The van der Waals surface area contributed by atoms with E-state index in [4.69, 9.17) is 9.63 Å². The van der Waals surface area contributed by atoms with Gasteiger partial charge in [-0.25, -0.2) is 4.79 Å². The molecule has 0 aliphatic rings. The van der Waals surface area contributed by atoms with Gasteiger partial charge in [0.2, 0.25) is 0 Å². The van der Waals surface area contributed by atoms with Crippen LogP contribution in [0.3, 0.4) is 0 Å². The Morgan fingerprint density at radius 3 is 2.44 bits per heavy atom. The van der Waals surface area contributed by atoms with Crippen LogP contribution in [0, 0.1) is 0 Å². The number of carbonyl (C=O) groups is 1. The molecule has 0 saturated heterocycles. The first-order chi connectivity index (χ1) is 6.95. The summed E-state index contributed by atoms with van der Waals surface area (Å²) in [5.41, 5.74) is 0. The van der Waals surface area contributed by atoms with Crippen LogP contribution in [0.4, 0.5) is 0 Å². The van der Waals surface area contributed by atoms with Gasteiger partial charge in [-0.3, -0.25) is 4.57 Å². The van der Waals surface area contributed by atoms with Crippen molar-refractivity contribution in [3.05, 3.63) is 12.7 Å². The molecule has 0 radical (unpaired) electrons. The van der Waals surface area contributed by atoms with E-state index in [0.29, 0.717) is 0 Å². The second-order valence-corrected chi connectivity index (χ2v) is 3.48. The number of esters is 1. The van der Waals surface area contributed by atoms with Crippen LogP contribution < -0.4 is 56.3 Å². The van der Waals surface area contributed by atoms with Gasteiger partial charge in [-0.15, -0.1) is 0 Å². The van der Waals surface area contributed by atoms with Crippen molar-refractivity contribution in [2.24, 2.45) is 0 Å². The van der Waals surface area contributed by atoms with Gasteiger partial charge < -0.3 is 23.8 Å². The van der Waals surface area contributed by atoms with E-state index in [2.05, 4.69) is 15.8 Å². The van der Waals surface area contributed by atoms with E-state index in [9.17, 15) is 14.3 Å². The molecular weight excluding hydrogens is 266 g/mol. The topological polar surface area (TPSA) is 105 Å². The maximum atomic E-state index is 10.5. The van der Waals surface area contributed by atoms with Crippen molar-refractivity contribution in [3.63, 3.8) is 0 Å². The molecule has 0 heterocycles. The van der Waals surface area contributed by atoms with Crippen molar-refractivity contribution in [1.82, 2.24) is 0 Å². The SMILES string of the molecule is C=CC(=O)OCCOCCOP(=O)([O-])O.[K+]. The first kappa shape index (κ1) is 19.3. The first-order valence-corrected chi connectivity index (χ1v) is 5.50. The summed E-state index contributed by atoms with van der Waals surface area (Å²) in [5, 5.41) is 0. The van der Waals surface area contributed by atoms with E-state index < -0.39 is 13.8 Å². The average Bonchev–Trinajstić information content (AvgIpc) is 2.14. The fraction of sp³-hybridized carbons (Fsp3) is 0.571. The van der Waals surface area contributed by atoms with Gasteiger partial charge in [0.15, 0.2) is 0 Å². The summed E-state index contributed by atoms with van der Waals surface area (Å²) in [6.07, 6.45) is 1.02. The van der Waals surface area contributed by atoms with Crippen molar-refractivity contribution in [2.75, 3.05) is 26.4 Å². The van der Waals surface area contributed by atoms with E-state index in [1.807, 2.05) is 0 Å². The van der Waals surface area contributed by atoms with Crippen LogP contribution in [0.25, 0.3) is 0 Å². The third-order valence-corrected chi connectivity index (χ3v) is 1.63. The molecule has 0 aromatic carbocycles. The maximum Gasteiger partial charge on any atom is 1.00 e. The molecule has 0 spiro atoms. The van der Waals surface area contributed by atoms with Gasteiger partial charge in [0.1, 0.15) is 6.61 Å². The molecule has 0 aromatic heterocycles. The number of ether oxygens (including phenoxy) is 2. The van der Waals surface area contributed by atoms with Gasteiger partial charge in [0.25, 0.3) is 7.82 Å². The Bertz CT molecular complexity index is 251. The monoisotopic (exact) mass is 278 g/mol. The first-order valence-electron chi connectivity index (χ1n) is 4.01. The minimum absolute atomic E-state index is 0. The van der Waals surface area contributed by atoms with E-state index in [-0.39, 0.29) is 77.8 Å². The van der Waals surface area contributed by atoms with Crippen molar-refractivity contribution in [2.45, 2.75) is 0 Å². The van der Waals surface area contributed by atoms with Crippen LogP contribution in [-0.2, 0) is 23.4 Å². The summed E-state index contributed by atoms with van der Waals surface area (Å²) < 4.78 is 23.4. The molecule has 0 amide bonds. The smallest absolute Gasteiger partial charge is 0.756 e. The predicted molar refractivity (Wildman–Crippen MR) is 47.8 cm³/mol. The Labute approximate surface area is 136 Å². The predicted octanol–water partition coefficient (Wildman–Crippen LogP) is -3.79. The maximum absolute atomic E-state index is 10.5. The van der Waals surface area contributed by atoms with E-state index in [0.717, 1.165) is 6.08 Å². The summed E-state index contributed by atoms with van der Waals surface area (Å²) in [4.78, 5) is 28.7. The molecule has 7 nitrogen and oxygen atoms in total. The molecule has 9 heteroatoms. The summed E-state index contributed by atoms with van der Waals surface area (Å²) >= 11 is 0. The fourth-order valence-electron chi connectivity index (χ4n) is 0.574. The van der Waals surface area contributed by atoms with Gasteiger partial charge in [-0.2, -0.15) is 0 Å². The third kappa shape index (κ3) is 14.9. The molecule has 0 bridgehead atoms. The normalized spacial score (nSPS) is 13.4.